The number of aliphatic hydroxyl groups is 1. The van der Waals surface area contributed by atoms with Gasteiger partial charge in [0.05, 0.1) is 41.3 Å². The third-order valence-corrected chi connectivity index (χ3v) is 7.50. The van der Waals surface area contributed by atoms with Gasteiger partial charge >= 0.3 is 0 Å². The summed E-state index contributed by atoms with van der Waals surface area (Å²) in [4.78, 5) is 24.0. The fourth-order valence-corrected chi connectivity index (χ4v) is 5.33. The highest BCUT2D eigenvalue weighted by Gasteiger charge is 2.23. The zero-order chi connectivity index (χ0) is 23.5. The summed E-state index contributed by atoms with van der Waals surface area (Å²) in [5.41, 5.74) is 2.67. The predicted molar refractivity (Wildman–Crippen MR) is 133 cm³/mol. The Kier molecular flexibility index (Phi) is 6.96. The van der Waals surface area contributed by atoms with Gasteiger partial charge < -0.3 is 25.4 Å². The van der Waals surface area contributed by atoms with Crippen LogP contribution in [0.5, 0.6) is 5.75 Å². The van der Waals surface area contributed by atoms with Gasteiger partial charge in [0.2, 0.25) is 5.91 Å². The lowest BCUT2D eigenvalue weighted by molar-refractivity contribution is -0.113. The average molecular weight is 480 g/mol. The maximum Gasteiger partial charge on any atom is 0.235 e. The van der Waals surface area contributed by atoms with Crippen LogP contribution in [0.1, 0.15) is 30.2 Å². The number of benzene rings is 1. The lowest BCUT2D eigenvalue weighted by Gasteiger charge is -2.33. The molecular formula is C25H29N5O3S. The van der Waals surface area contributed by atoms with Gasteiger partial charge in [-0.15, -0.1) is 11.8 Å². The second-order valence-corrected chi connectivity index (χ2v) is 9.76. The lowest BCUT2D eigenvalue weighted by Crippen LogP contribution is -2.43. The summed E-state index contributed by atoms with van der Waals surface area (Å²) in [6, 6.07) is 12.3. The van der Waals surface area contributed by atoms with E-state index in [1.165, 1.54) is 11.8 Å². The zero-order valence-corrected chi connectivity index (χ0v) is 20.0. The fraction of sp³-hybridized carbons (Fsp3) is 0.400. The predicted octanol–water partition coefficient (Wildman–Crippen LogP) is 2.97. The molecule has 4 heterocycles. The van der Waals surface area contributed by atoms with Crippen LogP contribution in [0.25, 0.3) is 10.9 Å². The number of amides is 1. The Bertz CT molecular complexity index is 1180. The molecular weight excluding hydrogens is 450 g/mol. The highest BCUT2D eigenvalue weighted by atomic mass is 32.2. The van der Waals surface area contributed by atoms with Gasteiger partial charge in [-0.3, -0.25) is 9.78 Å². The summed E-state index contributed by atoms with van der Waals surface area (Å²) in [7, 11) is 1.62. The second-order valence-electron chi connectivity index (χ2n) is 8.75. The zero-order valence-electron chi connectivity index (χ0n) is 19.2. The largest absolute Gasteiger partial charge is 0.495 e. The molecule has 1 atom stereocenters. The standard InChI is InChI=1S/C25H29N5O3S/c1-33-18-11-20-19(3-2-4-21(20)27-13-18)22(31)14-30-9-7-16(8-10-30)26-12-17-5-6-23-25(28-17)29-24(32)15-34-23/h2-6,11,13,16,22,26,31H,7-10,12,14-15H2,1H3,(H,28,29,32). The minimum Gasteiger partial charge on any atom is -0.495 e. The smallest absolute Gasteiger partial charge is 0.235 e. The number of carbonyl (C=O) groups excluding carboxylic acids is 1. The van der Waals surface area contributed by atoms with E-state index in [1.54, 1.807) is 13.3 Å². The van der Waals surface area contributed by atoms with Crippen molar-refractivity contribution < 1.29 is 14.6 Å². The molecule has 9 heteroatoms. The van der Waals surface area contributed by atoms with Crippen molar-refractivity contribution in [2.45, 2.75) is 36.4 Å². The van der Waals surface area contributed by atoms with Crippen molar-refractivity contribution in [3.05, 3.63) is 53.9 Å². The molecule has 0 spiro atoms. The van der Waals surface area contributed by atoms with Crippen LogP contribution in [0.4, 0.5) is 5.82 Å². The molecule has 3 N–H and O–H groups in total. The average Bonchev–Trinajstić information content (AvgIpc) is 2.87. The minimum absolute atomic E-state index is 0.00330. The number of carbonyl (C=O) groups is 1. The highest BCUT2D eigenvalue weighted by Crippen LogP contribution is 2.30. The number of likely N-dealkylation sites (tertiary alicyclic amines) is 1. The molecule has 0 saturated carbocycles. The number of pyridine rings is 2. The summed E-state index contributed by atoms with van der Waals surface area (Å²) >= 11 is 1.53. The maximum atomic E-state index is 11.6. The van der Waals surface area contributed by atoms with Gasteiger partial charge in [0.15, 0.2) is 0 Å². The van der Waals surface area contributed by atoms with Crippen LogP contribution in [0, 0.1) is 0 Å². The van der Waals surface area contributed by atoms with Crippen LogP contribution in [-0.2, 0) is 11.3 Å². The van der Waals surface area contributed by atoms with Gasteiger partial charge in [0.25, 0.3) is 0 Å². The third-order valence-electron chi connectivity index (χ3n) is 6.45. The number of hydrogen-bond donors (Lipinski definition) is 3. The normalized spacial score (nSPS) is 17.9. The number of anilines is 1. The molecule has 34 heavy (non-hydrogen) atoms. The van der Waals surface area contributed by atoms with Crippen LogP contribution in [0.2, 0.25) is 0 Å². The first-order valence-electron chi connectivity index (χ1n) is 11.6. The molecule has 0 bridgehead atoms. The first kappa shape index (κ1) is 23.0. The van der Waals surface area contributed by atoms with Crippen molar-refractivity contribution in [3.63, 3.8) is 0 Å². The van der Waals surface area contributed by atoms with Crippen LogP contribution in [0.3, 0.4) is 0 Å². The molecule has 1 unspecified atom stereocenters. The fourth-order valence-electron chi connectivity index (χ4n) is 4.57. The molecule has 1 amide bonds. The number of piperidine rings is 1. The van der Waals surface area contributed by atoms with Crippen LogP contribution in [-0.4, -0.2) is 64.4 Å². The second kappa shape index (κ2) is 10.3. The third kappa shape index (κ3) is 5.17. The van der Waals surface area contributed by atoms with E-state index in [4.69, 9.17) is 4.74 Å². The summed E-state index contributed by atoms with van der Waals surface area (Å²) < 4.78 is 5.32. The number of thioether (sulfide) groups is 1. The Labute approximate surface area is 203 Å². The first-order valence-corrected chi connectivity index (χ1v) is 12.6. The molecule has 178 valence electrons. The van der Waals surface area contributed by atoms with Crippen LogP contribution in [0.15, 0.2) is 47.5 Å². The van der Waals surface area contributed by atoms with Crippen molar-refractivity contribution in [1.29, 1.82) is 0 Å². The number of ether oxygens (including phenoxy) is 1. The van der Waals surface area contributed by atoms with Crippen molar-refractivity contribution in [3.8, 4) is 5.75 Å². The number of fused-ring (bicyclic) bond motifs is 2. The van der Waals surface area contributed by atoms with Crippen molar-refractivity contribution in [2.75, 3.05) is 37.8 Å². The van der Waals surface area contributed by atoms with Crippen LogP contribution >= 0.6 is 11.8 Å². The number of nitrogens with one attached hydrogen (secondary N) is 2. The van der Waals surface area contributed by atoms with E-state index in [0.717, 1.165) is 53.0 Å². The Balaban J connectivity index is 1.14. The highest BCUT2D eigenvalue weighted by molar-refractivity contribution is 8.00. The minimum atomic E-state index is -0.588. The number of aliphatic hydroxyl groups excluding tert-OH is 1. The molecule has 1 saturated heterocycles. The van der Waals surface area contributed by atoms with E-state index >= 15 is 0 Å². The summed E-state index contributed by atoms with van der Waals surface area (Å²) in [5.74, 6) is 1.81. The van der Waals surface area contributed by atoms with Crippen molar-refractivity contribution >= 4 is 34.4 Å². The van der Waals surface area contributed by atoms with Gasteiger partial charge in [-0.2, -0.15) is 0 Å². The van der Waals surface area contributed by atoms with Crippen LogP contribution < -0.4 is 15.4 Å². The molecule has 2 aliphatic rings. The summed E-state index contributed by atoms with van der Waals surface area (Å²) in [5, 5.41) is 18.4. The van der Waals surface area contributed by atoms with Gasteiger partial charge in [0, 0.05) is 24.5 Å². The summed E-state index contributed by atoms with van der Waals surface area (Å²) in [6.07, 6.45) is 3.13. The Morgan fingerprint density at radius 3 is 2.97 bits per heavy atom. The maximum absolute atomic E-state index is 11.6. The number of methoxy groups -OCH3 is 1. The Morgan fingerprint density at radius 2 is 2.15 bits per heavy atom. The molecule has 2 aliphatic heterocycles. The van der Waals surface area contributed by atoms with Gasteiger partial charge in [0.1, 0.15) is 11.6 Å². The SMILES string of the molecule is COc1cnc2cccc(C(O)CN3CCC(NCc4ccc5c(n4)NC(=O)CS5)CC3)c2c1. The number of aromatic nitrogens is 2. The van der Waals surface area contributed by atoms with E-state index in [1.807, 2.05) is 36.4 Å². The van der Waals surface area contributed by atoms with Crippen molar-refractivity contribution in [2.24, 2.45) is 0 Å². The van der Waals surface area contributed by atoms with E-state index in [0.29, 0.717) is 36.5 Å². The van der Waals surface area contributed by atoms with Gasteiger partial charge in [-0.05, 0) is 55.8 Å². The summed E-state index contributed by atoms with van der Waals surface area (Å²) in [6.45, 7) is 3.11. The quantitative estimate of drug-likeness (QED) is 0.476. The number of nitrogens with zero attached hydrogens (tertiary/aromatic N) is 3. The molecule has 1 fully saturated rings. The topological polar surface area (TPSA) is 99.6 Å². The molecule has 3 aromatic rings. The molecule has 8 nitrogen and oxygen atoms in total. The molecule has 5 rings (SSSR count). The Morgan fingerprint density at radius 1 is 1.29 bits per heavy atom. The van der Waals surface area contributed by atoms with Crippen molar-refractivity contribution in [1.82, 2.24) is 20.2 Å². The van der Waals surface area contributed by atoms with E-state index in [-0.39, 0.29) is 5.91 Å². The number of hydrogen-bond acceptors (Lipinski definition) is 8. The Hall–Kier alpha value is -2.72. The molecule has 2 aromatic heterocycles. The van der Waals surface area contributed by atoms with Gasteiger partial charge in [-0.1, -0.05) is 12.1 Å². The molecule has 1 aromatic carbocycles. The first-order chi connectivity index (χ1) is 16.6. The van der Waals surface area contributed by atoms with E-state index in [9.17, 15) is 9.90 Å². The number of rotatable bonds is 7. The lowest BCUT2D eigenvalue weighted by atomic mass is 10.0. The molecule has 0 radical (unpaired) electrons. The van der Waals surface area contributed by atoms with E-state index < -0.39 is 6.10 Å². The molecule has 0 aliphatic carbocycles. The number of β-amino-alcohol motifs (C(OH)–C–C–N with tert-alkyl or cyclic N) is 1. The monoisotopic (exact) mass is 479 g/mol. The van der Waals surface area contributed by atoms with Gasteiger partial charge in [-0.25, -0.2) is 4.98 Å². The van der Waals surface area contributed by atoms with E-state index in [2.05, 4.69) is 25.5 Å².